The smallest absolute Gasteiger partial charge is 0.0631 e. The van der Waals surface area contributed by atoms with Crippen LogP contribution in [0.15, 0.2) is 53.5 Å². The third-order valence-electron chi connectivity index (χ3n) is 4.01. The van der Waals surface area contributed by atoms with Crippen molar-refractivity contribution in [2.45, 2.75) is 26.2 Å². The van der Waals surface area contributed by atoms with Crippen LogP contribution in [-0.2, 0) is 0 Å². The highest BCUT2D eigenvalue weighted by molar-refractivity contribution is 5.82. The Morgan fingerprint density at radius 3 is 2.19 bits per heavy atom. The number of hydrogen-bond donors (Lipinski definition) is 0. The molecule has 21 heavy (non-hydrogen) atoms. The molecule has 0 aliphatic carbocycles. The Balaban J connectivity index is 1.67. The van der Waals surface area contributed by atoms with Crippen LogP contribution < -0.4 is 4.90 Å². The number of piperidine rings is 1. The first-order chi connectivity index (χ1) is 10.3. The van der Waals surface area contributed by atoms with E-state index in [-0.39, 0.29) is 0 Å². The van der Waals surface area contributed by atoms with Crippen LogP contribution in [0.1, 0.15) is 30.4 Å². The highest BCUT2D eigenvalue weighted by Gasteiger charge is 2.10. The zero-order chi connectivity index (χ0) is 14.5. The van der Waals surface area contributed by atoms with Crippen LogP contribution in [0.4, 0.5) is 11.4 Å². The Kier molecular flexibility index (Phi) is 4.34. The molecule has 1 aliphatic heterocycles. The second-order valence-corrected chi connectivity index (χ2v) is 5.73. The predicted octanol–water partition coefficient (Wildman–Crippen LogP) is 4.74. The van der Waals surface area contributed by atoms with Crippen molar-refractivity contribution >= 4 is 17.6 Å². The maximum atomic E-state index is 4.55. The first-order valence-corrected chi connectivity index (χ1v) is 7.77. The van der Waals surface area contributed by atoms with Gasteiger partial charge in [-0.05, 0) is 56.0 Å². The molecule has 3 rings (SSSR count). The molecule has 1 saturated heterocycles. The zero-order valence-corrected chi connectivity index (χ0v) is 12.6. The second kappa shape index (κ2) is 6.57. The third-order valence-corrected chi connectivity index (χ3v) is 4.01. The first-order valence-electron chi connectivity index (χ1n) is 7.77. The second-order valence-electron chi connectivity index (χ2n) is 5.73. The molecular formula is C19H22N2. The standard InChI is InChI=1S/C19H22N2/c1-16-5-7-17(8-6-16)15-20-18-9-11-19(12-10-18)21-13-3-2-4-14-21/h5-12,15H,2-4,13-14H2,1H3. The molecule has 2 heteroatoms. The molecule has 0 amide bonds. The molecule has 0 spiro atoms. The lowest BCUT2D eigenvalue weighted by Gasteiger charge is -2.28. The molecule has 2 aromatic carbocycles. The number of hydrogen-bond acceptors (Lipinski definition) is 2. The van der Waals surface area contributed by atoms with Crippen molar-refractivity contribution < 1.29 is 0 Å². The Morgan fingerprint density at radius 1 is 0.857 bits per heavy atom. The van der Waals surface area contributed by atoms with Gasteiger partial charge in [-0.1, -0.05) is 29.8 Å². The van der Waals surface area contributed by atoms with Crippen molar-refractivity contribution in [2.24, 2.45) is 4.99 Å². The molecule has 2 aromatic rings. The maximum Gasteiger partial charge on any atom is 0.0631 e. The van der Waals surface area contributed by atoms with Gasteiger partial charge in [-0.15, -0.1) is 0 Å². The van der Waals surface area contributed by atoms with Crippen molar-refractivity contribution in [3.63, 3.8) is 0 Å². The Labute approximate surface area is 127 Å². The largest absolute Gasteiger partial charge is 0.372 e. The molecule has 0 saturated carbocycles. The van der Waals surface area contributed by atoms with Gasteiger partial charge in [0.15, 0.2) is 0 Å². The van der Waals surface area contributed by atoms with Crippen LogP contribution in [0.3, 0.4) is 0 Å². The van der Waals surface area contributed by atoms with Crippen LogP contribution >= 0.6 is 0 Å². The molecule has 0 radical (unpaired) electrons. The van der Waals surface area contributed by atoms with Gasteiger partial charge < -0.3 is 4.90 Å². The summed E-state index contributed by atoms with van der Waals surface area (Å²) in [6.07, 6.45) is 5.92. The molecule has 0 aromatic heterocycles. The monoisotopic (exact) mass is 278 g/mol. The van der Waals surface area contributed by atoms with E-state index in [0.717, 1.165) is 11.3 Å². The molecule has 0 bridgehead atoms. The first kappa shape index (κ1) is 13.9. The average molecular weight is 278 g/mol. The molecule has 2 nitrogen and oxygen atoms in total. The molecule has 0 atom stereocenters. The number of anilines is 1. The lowest BCUT2D eigenvalue weighted by atomic mass is 10.1. The van der Waals surface area contributed by atoms with Crippen LogP contribution in [0.5, 0.6) is 0 Å². The van der Waals surface area contributed by atoms with E-state index in [4.69, 9.17) is 0 Å². The van der Waals surface area contributed by atoms with E-state index >= 15 is 0 Å². The topological polar surface area (TPSA) is 15.6 Å². The number of nitrogens with zero attached hydrogens (tertiary/aromatic N) is 2. The fourth-order valence-electron chi connectivity index (χ4n) is 2.70. The molecule has 0 N–H and O–H groups in total. The van der Waals surface area contributed by atoms with Crippen LogP contribution in [0.2, 0.25) is 0 Å². The minimum atomic E-state index is 1.01. The third kappa shape index (κ3) is 3.72. The van der Waals surface area contributed by atoms with Gasteiger partial charge in [0.1, 0.15) is 0 Å². The van der Waals surface area contributed by atoms with E-state index < -0.39 is 0 Å². The van der Waals surface area contributed by atoms with Gasteiger partial charge >= 0.3 is 0 Å². The molecule has 1 aliphatic rings. The van der Waals surface area contributed by atoms with Crippen LogP contribution in [0.25, 0.3) is 0 Å². The number of aryl methyl sites for hydroxylation is 1. The molecule has 1 fully saturated rings. The van der Waals surface area contributed by atoms with E-state index in [1.807, 2.05) is 6.21 Å². The summed E-state index contributed by atoms with van der Waals surface area (Å²) in [4.78, 5) is 7.02. The number of rotatable bonds is 3. The van der Waals surface area contributed by atoms with Gasteiger partial charge in [0.05, 0.1) is 5.69 Å². The van der Waals surface area contributed by atoms with Gasteiger partial charge in [0, 0.05) is 25.0 Å². The summed E-state index contributed by atoms with van der Waals surface area (Å²) >= 11 is 0. The molecule has 1 heterocycles. The quantitative estimate of drug-likeness (QED) is 0.741. The summed E-state index contributed by atoms with van der Waals surface area (Å²) in [7, 11) is 0. The summed E-state index contributed by atoms with van der Waals surface area (Å²) in [5.74, 6) is 0. The number of aliphatic imine (C=N–C) groups is 1. The van der Waals surface area contributed by atoms with Crippen molar-refractivity contribution in [2.75, 3.05) is 18.0 Å². The fraction of sp³-hybridized carbons (Fsp3) is 0.316. The van der Waals surface area contributed by atoms with Crippen molar-refractivity contribution in [3.05, 3.63) is 59.7 Å². The Bertz CT molecular complexity index is 590. The SMILES string of the molecule is Cc1ccc(C=Nc2ccc(N3CCCCC3)cc2)cc1. The van der Waals surface area contributed by atoms with Crippen molar-refractivity contribution in [3.8, 4) is 0 Å². The Morgan fingerprint density at radius 2 is 1.52 bits per heavy atom. The zero-order valence-electron chi connectivity index (χ0n) is 12.6. The van der Waals surface area contributed by atoms with Crippen molar-refractivity contribution in [1.29, 1.82) is 0 Å². The van der Waals surface area contributed by atoms with Gasteiger partial charge in [-0.3, -0.25) is 4.99 Å². The highest BCUT2D eigenvalue weighted by Crippen LogP contribution is 2.22. The summed E-state index contributed by atoms with van der Waals surface area (Å²) in [5, 5.41) is 0. The fourth-order valence-corrected chi connectivity index (χ4v) is 2.70. The maximum absolute atomic E-state index is 4.55. The average Bonchev–Trinajstić information content (AvgIpc) is 2.56. The normalized spacial score (nSPS) is 15.6. The van der Waals surface area contributed by atoms with Gasteiger partial charge in [0.25, 0.3) is 0 Å². The molecule has 108 valence electrons. The lowest BCUT2D eigenvalue weighted by molar-refractivity contribution is 0.578. The van der Waals surface area contributed by atoms with Gasteiger partial charge in [-0.2, -0.15) is 0 Å². The van der Waals surface area contributed by atoms with Gasteiger partial charge in [0.2, 0.25) is 0 Å². The summed E-state index contributed by atoms with van der Waals surface area (Å²) in [6.45, 7) is 4.47. The van der Waals surface area contributed by atoms with E-state index in [1.54, 1.807) is 0 Å². The predicted molar refractivity (Wildman–Crippen MR) is 90.9 cm³/mol. The van der Waals surface area contributed by atoms with Crippen molar-refractivity contribution in [1.82, 2.24) is 0 Å². The summed E-state index contributed by atoms with van der Waals surface area (Å²) in [5.41, 5.74) is 4.75. The molecular weight excluding hydrogens is 256 g/mol. The minimum absolute atomic E-state index is 1.01. The van der Waals surface area contributed by atoms with Crippen LogP contribution in [-0.4, -0.2) is 19.3 Å². The molecule has 0 unspecified atom stereocenters. The summed E-state index contributed by atoms with van der Waals surface area (Å²) < 4.78 is 0. The van der Waals surface area contributed by atoms with E-state index in [2.05, 4.69) is 65.3 Å². The van der Waals surface area contributed by atoms with E-state index in [0.29, 0.717) is 0 Å². The van der Waals surface area contributed by atoms with Gasteiger partial charge in [-0.25, -0.2) is 0 Å². The van der Waals surface area contributed by atoms with E-state index in [9.17, 15) is 0 Å². The lowest BCUT2D eigenvalue weighted by Crippen LogP contribution is -2.29. The summed E-state index contributed by atoms with van der Waals surface area (Å²) in [6, 6.07) is 17.0. The minimum Gasteiger partial charge on any atom is -0.372 e. The van der Waals surface area contributed by atoms with E-state index in [1.165, 1.54) is 43.6 Å². The number of benzene rings is 2. The highest BCUT2D eigenvalue weighted by atomic mass is 15.1. The van der Waals surface area contributed by atoms with Crippen LogP contribution in [0, 0.1) is 6.92 Å². The Hall–Kier alpha value is -2.09.